The van der Waals surface area contributed by atoms with Gasteiger partial charge in [0.2, 0.25) is 0 Å². The highest BCUT2D eigenvalue weighted by atomic mass is 35.5. The first-order valence-electron chi connectivity index (χ1n) is 7.11. The van der Waals surface area contributed by atoms with Crippen molar-refractivity contribution < 1.29 is 9.50 Å². The van der Waals surface area contributed by atoms with Crippen LogP contribution >= 0.6 is 11.6 Å². The highest BCUT2D eigenvalue weighted by Crippen LogP contribution is 2.34. The van der Waals surface area contributed by atoms with E-state index in [2.05, 4.69) is 4.90 Å². The molecule has 4 heteroatoms. The Bertz CT molecular complexity index is 646. The van der Waals surface area contributed by atoms with E-state index < -0.39 is 6.10 Å². The molecular formula is C17H17ClFNO. The standard InChI is InChI=1S/C17H17ClFNO/c18-14-7-3-5-12(17(14)19)11-20-10-4-9-16(21)13-6-1-2-8-15(13)20/h1-3,5-8,16,21H,4,9-11H2. The molecule has 0 saturated heterocycles. The van der Waals surface area contributed by atoms with Gasteiger partial charge in [0.1, 0.15) is 5.82 Å². The summed E-state index contributed by atoms with van der Waals surface area (Å²) in [6.45, 7) is 1.25. The van der Waals surface area contributed by atoms with Crippen molar-refractivity contribution in [2.45, 2.75) is 25.5 Å². The van der Waals surface area contributed by atoms with Crippen LogP contribution in [0.15, 0.2) is 42.5 Å². The quantitative estimate of drug-likeness (QED) is 0.893. The summed E-state index contributed by atoms with van der Waals surface area (Å²) in [5, 5.41) is 10.4. The maximum absolute atomic E-state index is 14.1. The Morgan fingerprint density at radius 1 is 1.19 bits per heavy atom. The fourth-order valence-corrected chi connectivity index (χ4v) is 3.04. The second kappa shape index (κ2) is 6.04. The Morgan fingerprint density at radius 2 is 2.00 bits per heavy atom. The van der Waals surface area contributed by atoms with E-state index in [1.54, 1.807) is 18.2 Å². The van der Waals surface area contributed by atoms with Crippen LogP contribution in [0.25, 0.3) is 0 Å². The number of benzene rings is 2. The minimum Gasteiger partial charge on any atom is -0.388 e. The number of para-hydroxylation sites is 1. The summed E-state index contributed by atoms with van der Waals surface area (Å²) in [4.78, 5) is 2.11. The Kier molecular flexibility index (Phi) is 4.13. The number of anilines is 1. The second-order valence-corrected chi connectivity index (χ2v) is 5.76. The molecule has 1 atom stereocenters. The lowest BCUT2D eigenvalue weighted by Gasteiger charge is -2.25. The summed E-state index contributed by atoms with van der Waals surface area (Å²) >= 11 is 5.85. The molecule has 1 unspecified atom stereocenters. The van der Waals surface area contributed by atoms with Gasteiger partial charge in [0.05, 0.1) is 11.1 Å². The molecule has 2 nitrogen and oxygen atoms in total. The zero-order valence-electron chi connectivity index (χ0n) is 11.6. The van der Waals surface area contributed by atoms with Crippen molar-refractivity contribution in [1.82, 2.24) is 0 Å². The van der Waals surface area contributed by atoms with Gasteiger partial charge in [-0.2, -0.15) is 0 Å². The summed E-state index contributed by atoms with van der Waals surface area (Å²) in [5.74, 6) is -0.360. The summed E-state index contributed by atoms with van der Waals surface area (Å²) in [6.07, 6.45) is 1.15. The zero-order valence-corrected chi connectivity index (χ0v) is 12.4. The zero-order chi connectivity index (χ0) is 14.8. The predicted octanol–water partition coefficient (Wildman–Crippen LogP) is 4.31. The number of hydrogen-bond acceptors (Lipinski definition) is 2. The molecule has 0 bridgehead atoms. The van der Waals surface area contributed by atoms with Crippen LogP contribution in [0.5, 0.6) is 0 Å². The second-order valence-electron chi connectivity index (χ2n) is 5.35. The van der Waals surface area contributed by atoms with Crippen LogP contribution in [-0.2, 0) is 6.54 Å². The minimum absolute atomic E-state index is 0.149. The number of rotatable bonds is 2. The van der Waals surface area contributed by atoms with Gasteiger partial charge in [-0.1, -0.05) is 41.9 Å². The summed E-state index contributed by atoms with van der Waals surface area (Å²) < 4.78 is 14.1. The van der Waals surface area contributed by atoms with Crippen LogP contribution in [0, 0.1) is 5.82 Å². The monoisotopic (exact) mass is 305 g/mol. The Morgan fingerprint density at radius 3 is 2.86 bits per heavy atom. The summed E-state index contributed by atoms with van der Waals surface area (Å²) in [7, 11) is 0. The van der Waals surface area contributed by atoms with Crippen molar-refractivity contribution in [2.75, 3.05) is 11.4 Å². The largest absolute Gasteiger partial charge is 0.388 e. The van der Waals surface area contributed by atoms with Gasteiger partial charge in [-0.05, 0) is 25.0 Å². The first-order chi connectivity index (χ1) is 10.2. The molecule has 0 saturated carbocycles. The van der Waals surface area contributed by atoms with E-state index in [0.717, 1.165) is 30.6 Å². The molecule has 1 aliphatic rings. The summed E-state index contributed by atoms with van der Waals surface area (Å²) in [6, 6.07) is 12.9. The first-order valence-corrected chi connectivity index (χ1v) is 7.49. The predicted molar refractivity (Wildman–Crippen MR) is 83.1 cm³/mol. The molecule has 110 valence electrons. The molecule has 0 spiro atoms. The smallest absolute Gasteiger partial charge is 0.146 e. The Balaban J connectivity index is 1.95. The third-order valence-electron chi connectivity index (χ3n) is 3.93. The average Bonchev–Trinajstić information content (AvgIpc) is 2.65. The third kappa shape index (κ3) is 2.89. The van der Waals surface area contributed by atoms with Crippen LogP contribution in [0.4, 0.5) is 10.1 Å². The maximum atomic E-state index is 14.1. The topological polar surface area (TPSA) is 23.5 Å². The van der Waals surface area contributed by atoms with Crippen LogP contribution in [-0.4, -0.2) is 11.7 Å². The van der Waals surface area contributed by atoms with E-state index in [9.17, 15) is 9.50 Å². The number of aliphatic hydroxyl groups excluding tert-OH is 1. The van der Waals surface area contributed by atoms with Gasteiger partial charge < -0.3 is 10.0 Å². The molecule has 0 aromatic heterocycles. The molecule has 2 aromatic rings. The SMILES string of the molecule is OC1CCCN(Cc2cccc(Cl)c2F)c2ccccc21. The van der Waals surface area contributed by atoms with E-state index in [4.69, 9.17) is 11.6 Å². The van der Waals surface area contributed by atoms with Crippen LogP contribution in [0.2, 0.25) is 5.02 Å². The van der Waals surface area contributed by atoms with E-state index >= 15 is 0 Å². The number of fused-ring (bicyclic) bond motifs is 1. The maximum Gasteiger partial charge on any atom is 0.146 e. The fraction of sp³-hybridized carbons (Fsp3) is 0.294. The molecular weight excluding hydrogens is 289 g/mol. The molecule has 0 aliphatic carbocycles. The van der Waals surface area contributed by atoms with Gasteiger partial charge in [-0.25, -0.2) is 4.39 Å². The lowest BCUT2D eigenvalue weighted by atomic mass is 10.0. The van der Waals surface area contributed by atoms with Crippen LogP contribution in [0.1, 0.15) is 30.1 Å². The third-order valence-corrected chi connectivity index (χ3v) is 4.23. The number of halogens is 2. The molecule has 2 aromatic carbocycles. The molecule has 1 aliphatic heterocycles. The molecule has 21 heavy (non-hydrogen) atoms. The molecule has 1 heterocycles. The fourth-order valence-electron chi connectivity index (χ4n) is 2.85. The van der Waals surface area contributed by atoms with Gasteiger partial charge >= 0.3 is 0 Å². The molecule has 1 N–H and O–H groups in total. The number of hydrogen-bond donors (Lipinski definition) is 1. The van der Waals surface area contributed by atoms with Crippen molar-refractivity contribution in [3.05, 3.63) is 64.4 Å². The van der Waals surface area contributed by atoms with Gasteiger partial charge in [-0.3, -0.25) is 0 Å². The first kappa shape index (κ1) is 14.4. The van der Waals surface area contributed by atoms with E-state index in [1.165, 1.54) is 0 Å². The lowest BCUT2D eigenvalue weighted by molar-refractivity contribution is 0.168. The number of aliphatic hydroxyl groups is 1. The van der Waals surface area contributed by atoms with E-state index in [1.807, 2.05) is 24.3 Å². The van der Waals surface area contributed by atoms with E-state index in [0.29, 0.717) is 12.1 Å². The van der Waals surface area contributed by atoms with Gasteiger partial charge in [0, 0.05) is 29.9 Å². The van der Waals surface area contributed by atoms with Gasteiger partial charge in [0.15, 0.2) is 0 Å². The van der Waals surface area contributed by atoms with Crippen LogP contribution < -0.4 is 4.90 Å². The van der Waals surface area contributed by atoms with Crippen LogP contribution in [0.3, 0.4) is 0 Å². The van der Waals surface area contributed by atoms with E-state index in [-0.39, 0.29) is 10.8 Å². The average molecular weight is 306 g/mol. The Labute approximate surface area is 128 Å². The Hall–Kier alpha value is -1.58. The molecule has 0 fully saturated rings. The lowest BCUT2D eigenvalue weighted by Crippen LogP contribution is -2.24. The van der Waals surface area contributed by atoms with Crippen molar-refractivity contribution in [2.24, 2.45) is 0 Å². The van der Waals surface area contributed by atoms with Crippen molar-refractivity contribution >= 4 is 17.3 Å². The van der Waals surface area contributed by atoms with Crippen molar-refractivity contribution in [3.8, 4) is 0 Å². The molecule has 0 amide bonds. The minimum atomic E-state index is -0.449. The normalized spacial score (nSPS) is 18.2. The number of nitrogens with zero attached hydrogens (tertiary/aromatic N) is 1. The highest BCUT2D eigenvalue weighted by molar-refractivity contribution is 6.30. The summed E-state index contributed by atoms with van der Waals surface area (Å²) in [5.41, 5.74) is 2.47. The van der Waals surface area contributed by atoms with Crippen molar-refractivity contribution in [3.63, 3.8) is 0 Å². The highest BCUT2D eigenvalue weighted by Gasteiger charge is 2.21. The van der Waals surface area contributed by atoms with Crippen molar-refractivity contribution in [1.29, 1.82) is 0 Å². The van der Waals surface area contributed by atoms with Gasteiger partial charge in [0.25, 0.3) is 0 Å². The molecule has 3 rings (SSSR count). The van der Waals surface area contributed by atoms with Gasteiger partial charge in [-0.15, -0.1) is 0 Å². The molecule has 0 radical (unpaired) electrons.